The van der Waals surface area contributed by atoms with Crippen molar-refractivity contribution >= 4 is 0 Å². The molecule has 0 aromatic heterocycles. The molecule has 44 valence electrons. The lowest BCUT2D eigenvalue weighted by atomic mass is 9.91. The second-order valence-electron chi connectivity index (χ2n) is 3.54. The maximum Gasteiger partial charge on any atom is 0.0142 e. The van der Waals surface area contributed by atoms with Crippen molar-refractivity contribution in [1.82, 2.24) is 5.32 Å². The third kappa shape index (κ3) is 0.235. The highest BCUT2D eigenvalue weighted by Gasteiger charge is 2.56. The van der Waals surface area contributed by atoms with Crippen LogP contribution in [0.25, 0.3) is 0 Å². The predicted octanol–water partition coefficient (Wildman–Crippen LogP) is 0.757. The maximum atomic E-state index is 3.58. The molecular weight excluding hydrogens is 98.1 g/mol. The fourth-order valence-electron chi connectivity index (χ4n) is 2.91. The van der Waals surface area contributed by atoms with E-state index >= 15 is 0 Å². The van der Waals surface area contributed by atoms with Crippen LogP contribution in [-0.2, 0) is 0 Å². The Bertz CT molecular complexity index is 122. The van der Waals surface area contributed by atoms with Crippen LogP contribution in [0.2, 0.25) is 0 Å². The van der Waals surface area contributed by atoms with E-state index in [2.05, 4.69) is 5.32 Å². The number of rotatable bonds is 0. The van der Waals surface area contributed by atoms with Crippen LogP contribution in [0, 0.1) is 11.8 Å². The van der Waals surface area contributed by atoms with Gasteiger partial charge in [0.05, 0.1) is 0 Å². The van der Waals surface area contributed by atoms with Gasteiger partial charge in [-0.1, -0.05) is 0 Å². The van der Waals surface area contributed by atoms with E-state index in [4.69, 9.17) is 0 Å². The quantitative estimate of drug-likeness (QED) is 0.484. The molecule has 4 rings (SSSR count). The lowest BCUT2D eigenvalue weighted by Gasteiger charge is -2.34. The molecule has 1 N–H and O–H groups in total. The smallest absolute Gasteiger partial charge is 0.0142 e. The Morgan fingerprint density at radius 2 is 2.25 bits per heavy atom. The summed E-state index contributed by atoms with van der Waals surface area (Å²) >= 11 is 0. The Morgan fingerprint density at radius 3 is 2.62 bits per heavy atom. The van der Waals surface area contributed by atoms with E-state index in [1.54, 1.807) is 0 Å². The molecule has 2 saturated carbocycles. The Kier molecular flexibility index (Phi) is 0.472. The Hall–Kier alpha value is -0.0400. The van der Waals surface area contributed by atoms with Gasteiger partial charge in [0.15, 0.2) is 0 Å². The van der Waals surface area contributed by atoms with Gasteiger partial charge < -0.3 is 5.32 Å². The first-order valence-corrected chi connectivity index (χ1v) is 3.71. The van der Waals surface area contributed by atoms with E-state index in [0.717, 1.165) is 23.9 Å². The summed E-state index contributed by atoms with van der Waals surface area (Å²) in [7, 11) is 0. The van der Waals surface area contributed by atoms with Crippen molar-refractivity contribution in [3.63, 3.8) is 0 Å². The third-order valence-corrected chi connectivity index (χ3v) is 3.32. The first-order valence-electron chi connectivity index (χ1n) is 3.71. The summed E-state index contributed by atoms with van der Waals surface area (Å²) in [6.07, 6.45) is 4.57. The van der Waals surface area contributed by atoms with Gasteiger partial charge in [-0.2, -0.15) is 0 Å². The summed E-state index contributed by atoms with van der Waals surface area (Å²) < 4.78 is 0. The molecule has 2 aliphatic carbocycles. The molecular formula is C7H11N. The number of nitrogens with one attached hydrogen (secondary N) is 1. The molecule has 4 aliphatic rings. The van der Waals surface area contributed by atoms with E-state index in [0.29, 0.717) is 0 Å². The minimum absolute atomic E-state index is 0.971. The van der Waals surface area contributed by atoms with E-state index < -0.39 is 0 Å². The van der Waals surface area contributed by atoms with Crippen LogP contribution in [0.5, 0.6) is 0 Å². The largest absolute Gasteiger partial charge is 0.310 e. The SMILES string of the molecule is C1CC2C3CC1C2N3. The average Bonchev–Trinajstić information content (AvgIpc) is 2.25. The molecule has 0 radical (unpaired) electrons. The summed E-state index contributed by atoms with van der Waals surface area (Å²) in [5.74, 6) is 2.23. The summed E-state index contributed by atoms with van der Waals surface area (Å²) in [5.41, 5.74) is 0. The second kappa shape index (κ2) is 0.971. The minimum atomic E-state index is 0.971. The molecule has 4 atom stereocenters. The molecule has 1 nitrogen and oxygen atoms in total. The summed E-state index contributed by atoms with van der Waals surface area (Å²) in [6, 6.07) is 1.96. The van der Waals surface area contributed by atoms with E-state index in [1.165, 1.54) is 19.3 Å². The van der Waals surface area contributed by atoms with Gasteiger partial charge in [0.1, 0.15) is 0 Å². The summed E-state index contributed by atoms with van der Waals surface area (Å²) in [5, 5.41) is 3.58. The number of hydrogen-bond donors (Lipinski definition) is 1. The molecule has 2 heterocycles. The molecule has 4 unspecified atom stereocenters. The fourth-order valence-corrected chi connectivity index (χ4v) is 2.91. The Morgan fingerprint density at radius 1 is 1.25 bits per heavy atom. The molecule has 8 heavy (non-hydrogen) atoms. The van der Waals surface area contributed by atoms with Crippen molar-refractivity contribution < 1.29 is 0 Å². The van der Waals surface area contributed by atoms with Crippen LogP contribution in [0.3, 0.4) is 0 Å². The topological polar surface area (TPSA) is 12.0 Å². The highest BCUT2D eigenvalue weighted by molar-refractivity contribution is 5.13. The van der Waals surface area contributed by atoms with Crippen LogP contribution in [0.4, 0.5) is 0 Å². The predicted molar refractivity (Wildman–Crippen MR) is 31.5 cm³/mol. The van der Waals surface area contributed by atoms with Crippen molar-refractivity contribution in [1.29, 1.82) is 0 Å². The zero-order chi connectivity index (χ0) is 5.14. The molecule has 4 fully saturated rings. The van der Waals surface area contributed by atoms with Crippen LogP contribution < -0.4 is 5.32 Å². The first-order chi connectivity index (χ1) is 3.95. The van der Waals surface area contributed by atoms with Crippen LogP contribution >= 0.6 is 0 Å². The second-order valence-corrected chi connectivity index (χ2v) is 3.54. The van der Waals surface area contributed by atoms with Crippen molar-refractivity contribution in [3.05, 3.63) is 0 Å². The molecule has 4 bridgehead atoms. The molecule has 0 aromatic carbocycles. The van der Waals surface area contributed by atoms with Gasteiger partial charge in [-0.25, -0.2) is 0 Å². The molecule has 0 spiro atoms. The average molecular weight is 109 g/mol. The Balaban J connectivity index is 2.06. The van der Waals surface area contributed by atoms with E-state index in [1.807, 2.05) is 0 Å². The molecule has 1 heteroatoms. The van der Waals surface area contributed by atoms with Gasteiger partial charge >= 0.3 is 0 Å². The van der Waals surface area contributed by atoms with E-state index in [9.17, 15) is 0 Å². The maximum absolute atomic E-state index is 3.58. The van der Waals surface area contributed by atoms with E-state index in [-0.39, 0.29) is 0 Å². The van der Waals surface area contributed by atoms with Crippen molar-refractivity contribution in [2.75, 3.05) is 0 Å². The van der Waals surface area contributed by atoms with Gasteiger partial charge in [-0.3, -0.25) is 0 Å². The zero-order valence-corrected chi connectivity index (χ0v) is 4.93. The van der Waals surface area contributed by atoms with Gasteiger partial charge in [0, 0.05) is 12.1 Å². The number of hydrogen-bond acceptors (Lipinski definition) is 1. The van der Waals surface area contributed by atoms with Gasteiger partial charge in [-0.15, -0.1) is 0 Å². The lowest BCUT2D eigenvalue weighted by Crippen LogP contribution is -2.52. The van der Waals surface area contributed by atoms with Crippen molar-refractivity contribution in [2.24, 2.45) is 11.8 Å². The van der Waals surface area contributed by atoms with Crippen LogP contribution in [0.15, 0.2) is 0 Å². The van der Waals surface area contributed by atoms with Crippen LogP contribution in [0.1, 0.15) is 19.3 Å². The third-order valence-electron chi connectivity index (χ3n) is 3.32. The van der Waals surface area contributed by atoms with Crippen LogP contribution in [-0.4, -0.2) is 12.1 Å². The Labute approximate surface area is 49.5 Å². The van der Waals surface area contributed by atoms with Gasteiger partial charge in [0.2, 0.25) is 0 Å². The van der Waals surface area contributed by atoms with Gasteiger partial charge in [0.25, 0.3) is 0 Å². The lowest BCUT2D eigenvalue weighted by molar-refractivity contribution is 0.236. The van der Waals surface area contributed by atoms with Crippen molar-refractivity contribution in [3.8, 4) is 0 Å². The normalized spacial score (nSPS) is 66.0. The highest BCUT2D eigenvalue weighted by atomic mass is 15.1. The fraction of sp³-hybridized carbons (Fsp3) is 1.00. The summed E-state index contributed by atoms with van der Waals surface area (Å²) in [6.45, 7) is 0. The highest BCUT2D eigenvalue weighted by Crippen LogP contribution is 2.51. The van der Waals surface area contributed by atoms with Gasteiger partial charge in [-0.05, 0) is 31.1 Å². The zero-order valence-electron chi connectivity index (χ0n) is 4.93. The molecule has 0 amide bonds. The first kappa shape index (κ1) is 3.89. The minimum Gasteiger partial charge on any atom is -0.310 e. The molecule has 2 aliphatic heterocycles. The van der Waals surface area contributed by atoms with Crippen molar-refractivity contribution in [2.45, 2.75) is 31.3 Å². The molecule has 2 saturated heterocycles. The standard InChI is InChI=1S/C7H11N/c1-2-5-6-3-4(1)7(5)8-6/h4-8H,1-3H2. The molecule has 0 aromatic rings. The monoisotopic (exact) mass is 109 g/mol. The summed E-state index contributed by atoms with van der Waals surface area (Å²) in [4.78, 5) is 0.